The highest BCUT2D eigenvalue weighted by Gasteiger charge is 2.29. The van der Waals surface area contributed by atoms with Gasteiger partial charge < -0.3 is 10.1 Å². The van der Waals surface area contributed by atoms with Crippen molar-refractivity contribution in [3.63, 3.8) is 0 Å². The smallest absolute Gasteiger partial charge is 0.0707 e. The first-order chi connectivity index (χ1) is 9.09. The third kappa shape index (κ3) is 5.25. The Labute approximate surface area is 122 Å². The van der Waals surface area contributed by atoms with Crippen molar-refractivity contribution >= 4 is 11.8 Å². The number of hydrogen-bond donors (Lipinski definition) is 1. The lowest BCUT2D eigenvalue weighted by Gasteiger charge is -2.25. The van der Waals surface area contributed by atoms with Crippen molar-refractivity contribution in [2.24, 2.45) is 0 Å². The molecule has 0 bridgehead atoms. The van der Waals surface area contributed by atoms with Gasteiger partial charge in [0.1, 0.15) is 0 Å². The molecule has 2 fully saturated rings. The molecule has 0 spiro atoms. The molecule has 2 atom stereocenters. The average Bonchev–Trinajstić information content (AvgIpc) is 2.73. The minimum Gasteiger partial charge on any atom is -0.372 e. The third-order valence-electron chi connectivity index (χ3n) is 4.21. The fourth-order valence-corrected chi connectivity index (χ4v) is 4.04. The molecule has 2 unspecified atom stereocenters. The Morgan fingerprint density at radius 1 is 1.26 bits per heavy atom. The summed E-state index contributed by atoms with van der Waals surface area (Å²) in [7, 11) is 0. The Kier molecular flexibility index (Phi) is 6.00. The van der Waals surface area contributed by atoms with Crippen LogP contribution in [0, 0.1) is 0 Å². The lowest BCUT2D eigenvalue weighted by Crippen LogP contribution is -2.35. The average molecular weight is 286 g/mol. The number of thioether (sulfide) groups is 1. The van der Waals surface area contributed by atoms with Gasteiger partial charge >= 0.3 is 0 Å². The first-order valence-corrected chi connectivity index (χ1v) is 8.80. The van der Waals surface area contributed by atoms with Gasteiger partial charge in [-0.1, -0.05) is 20.8 Å². The molecule has 2 rings (SSSR count). The van der Waals surface area contributed by atoms with Crippen molar-refractivity contribution in [2.45, 2.75) is 57.0 Å². The van der Waals surface area contributed by atoms with E-state index in [1.807, 2.05) is 0 Å². The minimum absolute atomic E-state index is 0.447. The fourth-order valence-electron chi connectivity index (χ4n) is 2.90. The molecule has 0 aromatic carbocycles. The second kappa shape index (κ2) is 7.30. The maximum absolute atomic E-state index is 6.15. The molecule has 2 saturated heterocycles. The molecule has 2 aliphatic heterocycles. The molecule has 0 aromatic rings. The molecule has 19 heavy (non-hydrogen) atoms. The maximum atomic E-state index is 6.15. The number of hydrogen-bond acceptors (Lipinski definition) is 4. The zero-order chi connectivity index (χ0) is 13.7. The number of nitrogens with one attached hydrogen (secondary N) is 1. The highest BCUT2D eigenvalue weighted by Crippen LogP contribution is 2.31. The van der Waals surface area contributed by atoms with Crippen molar-refractivity contribution in [3.05, 3.63) is 0 Å². The van der Waals surface area contributed by atoms with Gasteiger partial charge in [0, 0.05) is 30.1 Å². The summed E-state index contributed by atoms with van der Waals surface area (Å²) in [5, 5.41) is 3.39. The lowest BCUT2D eigenvalue weighted by molar-refractivity contribution is 0.0245. The van der Waals surface area contributed by atoms with E-state index in [9.17, 15) is 0 Å². The van der Waals surface area contributed by atoms with Crippen molar-refractivity contribution in [2.75, 3.05) is 38.5 Å². The largest absolute Gasteiger partial charge is 0.372 e. The van der Waals surface area contributed by atoms with Crippen LogP contribution < -0.4 is 5.32 Å². The van der Waals surface area contributed by atoms with Crippen molar-refractivity contribution in [1.82, 2.24) is 10.2 Å². The van der Waals surface area contributed by atoms with Crippen LogP contribution in [0.4, 0.5) is 0 Å². The number of nitrogens with zero attached hydrogens (tertiary/aromatic N) is 1. The van der Waals surface area contributed by atoms with Gasteiger partial charge in [-0.25, -0.2) is 0 Å². The predicted octanol–water partition coefficient (Wildman–Crippen LogP) is 2.36. The first-order valence-electron chi connectivity index (χ1n) is 7.81. The molecular formula is C15H30N2OS. The van der Waals surface area contributed by atoms with Crippen LogP contribution in [0.25, 0.3) is 0 Å². The van der Waals surface area contributed by atoms with E-state index in [0.29, 0.717) is 17.0 Å². The Morgan fingerprint density at radius 3 is 2.84 bits per heavy atom. The van der Waals surface area contributed by atoms with Gasteiger partial charge in [-0.15, -0.1) is 0 Å². The van der Waals surface area contributed by atoms with Gasteiger partial charge in [-0.3, -0.25) is 4.90 Å². The van der Waals surface area contributed by atoms with Crippen LogP contribution in [0.2, 0.25) is 0 Å². The van der Waals surface area contributed by atoms with Crippen molar-refractivity contribution < 1.29 is 4.74 Å². The molecular weight excluding hydrogens is 256 g/mol. The van der Waals surface area contributed by atoms with Crippen LogP contribution >= 0.6 is 11.8 Å². The van der Waals surface area contributed by atoms with E-state index in [-0.39, 0.29) is 0 Å². The van der Waals surface area contributed by atoms with Gasteiger partial charge in [-0.2, -0.15) is 11.8 Å². The van der Waals surface area contributed by atoms with Crippen LogP contribution in [0.15, 0.2) is 0 Å². The topological polar surface area (TPSA) is 24.5 Å². The van der Waals surface area contributed by atoms with E-state index >= 15 is 0 Å². The molecule has 0 amide bonds. The molecule has 0 radical (unpaired) electrons. The molecule has 1 N–H and O–H groups in total. The van der Waals surface area contributed by atoms with Crippen LogP contribution in [0.1, 0.15) is 40.0 Å². The van der Waals surface area contributed by atoms with Crippen LogP contribution in [0.5, 0.6) is 0 Å². The standard InChI is InChI=1S/C15H30N2OS/c1-4-16-11-13-5-6-14(18-13)12-17-8-7-15(2,3)19-10-9-17/h13-14,16H,4-12H2,1-3H3. The van der Waals surface area contributed by atoms with E-state index in [4.69, 9.17) is 4.74 Å². The summed E-state index contributed by atoms with van der Waals surface area (Å²) in [6, 6.07) is 0. The van der Waals surface area contributed by atoms with Crippen LogP contribution in [-0.2, 0) is 4.74 Å². The number of rotatable bonds is 5. The molecule has 0 saturated carbocycles. The molecule has 4 heteroatoms. The van der Waals surface area contributed by atoms with Gasteiger partial charge in [0.05, 0.1) is 12.2 Å². The summed E-state index contributed by atoms with van der Waals surface area (Å²) in [6.07, 6.45) is 4.68. The van der Waals surface area contributed by atoms with Crippen molar-refractivity contribution in [3.8, 4) is 0 Å². The third-order valence-corrected chi connectivity index (χ3v) is 5.58. The second-order valence-corrected chi connectivity index (χ2v) is 8.23. The van der Waals surface area contributed by atoms with E-state index < -0.39 is 0 Å². The van der Waals surface area contributed by atoms with Gasteiger partial charge in [0.15, 0.2) is 0 Å². The fraction of sp³-hybridized carbons (Fsp3) is 1.00. The van der Waals surface area contributed by atoms with Gasteiger partial charge in [0.2, 0.25) is 0 Å². The molecule has 112 valence electrons. The quantitative estimate of drug-likeness (QED) is 0.838. The normalized spacial score (nSPS) is 32.4. The highest BCUT2D eigenvalue weighted by molar-refractivity contribution is 8.00. The minimum atomic E-state index is 0.447. The Hall–Kier alpha value is 0.230. The first kappa shape index (κ1) is 15.6. The van der Waals surface area contributed by atoms with E-state index in [1.54, 1.807) is 0 Å². The van der Waals surface area contributed by atoms with Gasteiger partial charge in [-0.05, 0) is 32.4 Å². The summed E-state index contributed by atoms with van der Waals surface area (Å²) >= 11 is 2.12. The second-order valence-electron chi connectivity index (χ2n) is 6.42. The molecule has 2 heterocycles. The predicted molar refractivity (Wildman–Crippen MR) is 84.0 cm³/mol. The molecule has 3 nitrogen and oxygen atoms in total. The number of ether oxygens (including phenoxy) is 1. The van der Waals surface area contributed by atoms with E-state index in [0.717, 1.165) is 19.6 Å². The van der Waals surface area contributed by atoms with Crippen LogP contribution in [0.3, 0.4) is 0 Å². The lowest BCUT2D eigenvalue weighted by atomic mass is 10.1. The zero-order valence-corrected chi connectivity index (χ0v) is 13.6. The van der Waals surface area contributed by atoms with Crippen molar-refractivity contribution in [1.29, 1.82) is 0 Å². The SMILES string of the molecule is CCNCC1CCC(CN2CCSC(C)(C)CC2)O1. The van der Waals surface area contributed by atoms with Gasteiger partial charge in [0.25, 0.3) is 0 Å². The summed E-state index contributed by atoms with van der Waals surface area (Å²) < 4.78 is 6.61. The maximum Gasteiger partial charge on any atom is 0.0707 e. The Morgan fingerprint density at radius 2 is 2.05 bits per heavy atom. The zero-order valence-electron chi connectivity index (χ0n) is 12.8. The number of likely N-dealkylation sites (N-methyl/N-ethyl adjacent to an activating group) is 1. The van der Waals surface area contributed by atoms with E-state index in [1.165, 1.54) is 38.1 Å². The highest BCUT2D eigenvalue weighted by atomic mass is 32.2. The summed E-state index contributed by atoms with van der Waals surface area (Å²) in [5.74, 6) is 1.26. The van der Waals surface area contributed by atoms with Crippen LogP contribution in [-0.4, -0.2) is 60.3 Å². The molecule has 0 aromatic heterocycles. The molecule has 2 aliphatic rings. The molecule has 0 aliphatic carbocycles. The monoisotopic (exact) mass is 286 g/mol. The summed E-state index contributed by atoms with van der Waals surface area (Å²) in [4.78, 5) is 2.61. The summed E-state index contributed by atoms with van der Waals surface area (Å²) in [6.45, 7) is 12.6. The Balaban J connectivity index is 1.70. The summed E-state index contributed by atoms with van der Waals surface area (Å²) in [5.41, 5.74) is 0. The Bertz CT molecular complexity index is 273. The van der Waals surface area contributed by atoms with E-state index in [2.05, 4.69) is 42.7 Å².